The quantitative estimate of drug-likeness (QED) is 0.801. The average Bonchev–Trinajstić information content (AvgIpc) is 2.71. The van der Waals surface area contributed by atoms with Crippen LogP contribution in [0.2, 0.25) is 0 Å². The Morgan fingerprint density at radius 2 is 2.40 bits per heavy atom. The third kappa shape index (κ3) is 2.57. The lowest BCUT2D eigenvalue weighted by molar-refractivity contribution is 0.185. The first-order valence-electron chi connectivity index (χ1n) is 4.73. The second kappa shape index (κ2) is 4.61. The molecule has 4 nitrogen and oxygen atoms in total. The molecular formula is C11H13N3O. The fraction of sp³-hybridized carbons (Fsp3) is 0.182. The van der Waals surface area contributed by atoms with Gasteiger partial charge in [0.15, 0.2) is 0 Å². The normalized spacial score (nSPS) is 10.2. The lowest BCUT2D eigenvalue weighted by Gasteiger charge is -2.05. The highest BCUT2D eigenvalue weighted by Crippen LogP contribution is 2.14. The van der Waals surface area contributed by atoms with Gasteiger partial charge < -0.3 is 15.0 Å². The van der Waals surface area contributed by atoms with Crippen LogP contribution >= 0.6 is 0 Å². The Morgan fingerprint density at radius 1 is 1.47 bits per heavy atom. The number of anilines is 2. The van der Waals surface area contributed by atoms with Gasteiger partial charge in [-0.1, -0.05) is 12.1 Å². The van der Waals surface area contributed by atoms with Crippen molar-refractivity contribution in [2.24, 2.45) is 0 Å². The Kier molecular flexibility index (Phi) is 2.99. The highest BCUT2D eigenvalue weighted by molar-refractivity contribution is 5.54. The van der Waals surface area contributed by atoms with Crippen LogP contribution in [0.3, 0.4) is 0 Å². The largest absolute Gasteiger partial charge is 0.380 e. The lowest BCUT2D eigenvalue weighted by atomic mass is 10.2. The zero-order chi connectivity index (χ0) is 10.5. The molecular weight excluding hydrogens is 190 g/mol. The third-order valence-corrected chi connectivity index (χ3v) is 2.00. The zero-order valence-electron chi connectivity index (χ0n) is 8.53. The number of rotatable bonds is 4. The van der Waals surface area contributed by atoms with Crippen molar-refractivity contribution in [1.29, 1.82) is 0 Å². The number of nitrogens with zero attached hydrogens (tertiary/aromatic N) is 1. The Balaban J connectivity index is 2.11. The maximum Gasteiger partial charge on any atom is 0.204 e. The van der Waals surface area contributed by atoms with Gasteiger partial charge in [-0.2, -0.15) is 0 Å². The summed E-state index contributed by atoms with van der Waals surface area (Å²) in [5, 5.41) is 3.16. The monoisotopic (exact) mass is 203 g/mol. The van der Waals surface area contributed by atoms with Crippen LogP contribution in [0.4, 0.5) is 11.6 Å². The molecule has 0 spiro atoms. The first-order chi connectivity index (χ1) is 7.38. The van der Waals surface area contributed by atoms with Gasteiger partial charge >= 0.3 is 0 Å². The fourth-order valence-corrected chi connectivity index (χ4v) is 1.38. The second-order valence-electron chi connectivity index (χ2n) is 3.20. The summed E-state index contributed by atoms with van der Waals surface area (Å²) in [7, 11) is 1.69. The summed E-state index contributed by atoms with van der Waals surface area (Å²) in [5.41, 5.74) is 2.13. The van der Waals surface area contributed by atoms with Gasteiger partial charge in [0.25, 0.3) is 0 Å². The van der Waals surface area contributed by atoms with E-state index >= 15 is 0 Å². The van der Waals surface area contributed by atoms with Gasteiger partial charge in [0.2, 0.25) is 5.95 Å². The molecule has 78 valence electrons. The highest BCUT2D eigenvalue weighted by atomic mass is 16.5. The topological polar surface area (TPSA) is 49.9 Å². The molecule has 0 radical (unpaired) electrons. The van der Waals surface area contributed by atoms with Crippen molar-refractivity contribution in [3.05, 3.63) is 42.2 Å². The second-order valence-corrected chi connectivity index (χ2v) is 3.20. The average molecular weight is 203 g/mol. The van der Waals surface area contributed by atoms with Crippen molar-refractivity contribution in [3.63, 3.8) is 0 Å². The predicted molar refractivity (Wildman–Crippen MR) is 59.0 cm³/mol. The van der Waals surface area contributed by atoms with Crippen molar-refractivity contribution in [2.45, 2.75) is 6.61 Å². The number of H-pyrrole nitrogens is 1. The van der Waals surface area contributed by atoms with Crippen LogP contribution in [0.5, 0.6) is 0 Å². The summed E-state index contributed by atoms with van der Waals surface area (Å²) in [6, 6.07) is 8.03. The van der Waals surface area contributed by atoms with E-state index in [-0.39, 0.29) is 0 Å². The van der Waals surface area contributed by atoms with Crippen LogP contribution in [0.1, 0.15) is 5.56 Å². The van der Waals surface area contributed by atoms with E-state index in [2.05, 4.69) is 15.3 Å². The van der Waals surface area contributed by atoms with Crippen LogP contribution in [0.15, 0.2) is 36.7 Å². The number of aromatic amines is 1. The number of methoxy groups -OCH3 is 1. The van der Waals surface area contributed by atoms with Gasteiger partial charge in [0.05, 0.1) is 6.61 Å². The van der Waals surface area contributed by atoms with Crippen LogP contribution in [-0.4, -0.2) is 17.1 Å². The molecule has 1 aromatic heterocycles. The van der Waals surface area contributed by atoms with Crippen molar-refractivity contribution >= 4 is 11.6 Å². The van der Waals surface area contributed by atoms with Crippen LogP contribution in [0, 0.1) is 0 Å². The molecule has 2 aromatic rings. The minimum atomic E-state index is 0.619. The maximum absolute atomic E-state index is 5.07. The first kappa shape index (κ1) is 9.73. The molecule has 4 heteroatoms. The number of aromatic nitrogens is 2. The van der Waals surface area contributed by atoms with Gasteiger partial charge in [0, 0.05) is 25.2 Å². The molecule has 0 aliphatic rings. The van der Waals surface area contributed by atoms with E-state index in [1.165, 1.54) is 0 Å². The molecule has 15 heavy (non-hydrogen) atoms. The summed E-state index contributed by atoms with van der Waals surface area (Å²) in [6.07, 6.45) is 3.49. The number of ether oxygens (including phenoxy) is 1. The molecule has 0 saturated heterocycles. The minimum absolute atomic E-state index is 0.619. The smallest absolute Gasteiger partial charge is 0.204 e. The number of hydrogen-bond donors (Lipinski definition) is 2. The molecule has 1 heterocycles. The Hall–Kier alpha value is -1.81. The van der Waals surface area contributed by atoms with E-state index in [0.717, 1.165) is 17.2 Å². The fourth-order valence-electron chi connectivity index (χ4n) is 1.38. The van der Waals surface area contributed by atoms with E-state index in [4.69, 9.17) is 4.74 Å². The van der Waals surface area contributed by atoms with E-state index in [9.17, 15) is 0 Å². The molecule has 0 atom stereocenters. The SMILES string of the molecule is COCc1cccc(Nc2ncc[nH]2)c1. The minimum Gasteiger partial charge on any atom is -0.380 e. The van der Waals surface area contributed by atoms with Crippen molar-refractivity contribution in [2.75, 3.05) is 12.4 Å². The van der Waals surface area contributed by atoms with Gasteiger partial charge in [-0.05, 0) is 17.7 Å². The van der Waals surface area contributed by atoms with Crippen LogP contribution < -0.4 is 5.32 Å². The summed E-state index contributed by atoms with van der Waals surface area (Å²) in [6.45, 7) is 0.619. The lowest BCUT2D eigenvalue weighted by Crippen LogP contribution is -1.94. The van der Waals surface area contributed by atoms with Crippen molar-refractivity contribution < 1.29 is 4.74 Å². The zero-order valence-corrected chi connectivity index (χ0v) is 8.53. The predicted octanol–water partition coefficient (Wildman–Crippen LogP) is 2.30. The van der Waals surface area contributed by atoms with Crippen LogP contribution in [0.25, 0.3) is 0 Å². The van der Waals surface area contributed by atoms with Gasteiger partial charge in [0.1, 0.15) is 0 Å². The summed E-state index contributed by atoms with van der Waals surface area (Å²) < 4.78 is 5.07. The molecule has 0 aliphatic heterocycles. The molecule has 2 rings (SSSR count). The van der Waals surface area contributed by atoms with Crippen molar-refractivity contribution in [1.82, 2.24) is 9.97 Å². The number of nitrogens with one attached hydrogen (secondary N) is 2. The van der Waals surface area contributed by atoms with E-state index in [1.54, 1.807) is 19.5 Å². The van der Waals surface area contributed by atoms with Gasteiger partial charge in [-0.25, -0.2) is 4.98 Å². The summed E-state index contributed by atoms with van der Waals surface area (Å²) in [5.74, 6) is 0.740. The van der Waals surface area contributed by atoms with E-state index in [0.29, 0.717) is 6.61 Å². The molecule has 1 aromatic carbocycles. The molecule has 0 saturated carbocycles. The maximum atomic E-state index is 5.07. The van der Waals surface area contributed by atoms with Gasteiger partial charge in [-0.3, -0.25) is 0 Å². The third-order valence-electron chi connectivity index (χ3n) is 2.00. The van der Waals surface area contributed by atoms with E-state index < -0.39 is 0 Å². The molecule has 0 bridgehead atoms. The highest BCUT2D eigenvalue weighted by Gasteiger charge is 1.97. The Bertz CT molecular complexity index is 412. The number of benzene rings is 1. The first-order valence-corrected chi connectivity index (χ1v) is 4.73. The summed E-state index contributed by atoms with van der Waals surface area (Å²) in [4.78, 5) is 7.07. The number of hydrogen-bond acceptors (Lipinski definition) is 3. The molecule has 0 aliphatic carbocycles. The molecule has 0 unspecified atom stereocenters. The molecule has 0 fully saturated rings. The van der Waals surface area contributed by atoms with Crippen molar-refractivity contribution in [3.8, 4) is 0 Å². The number of imidazole rings is 1. The van der Waals surface area contributed by atoms with E-state index in [1.807, 2.05) is 24.3 Å². The Morgan fingerprint density at radius 3 is 3.13 bits per heavy atom. The molecule has 2 N–H and O–H groups in total. The Labute approximate surface area is 88.3 Å². The summed E-state index contributed by atoms with van der Waals surface area (Å²) >= 11 is 0. The molecule has 0 amide bonds. The van der Waals surface area contributed by atoms with Gasteiger partial charge in [-0.15, -0.1) is 0 Å². The van der Waals surface area contributed by atoms with Crippen LogP contribution in [-0.2, 0) is 11.3 Å². The standard InChI is InChI=1S/C11H13N3O/c1-15-8-9-3-2-4-10(7-9)14-11-12-5-6-13-11/h2-7H,8H2,1H3,(H2,12,13,14).